The molecular formula is C23H20N4O3S2. The number of fused-ring (bicyclic) bond motifs is 1. The van der Waals surface area contributed by atoms with Crippen LogP contribution in [0.1, 0.15) is 5.69 Å². The average Bonchev–Trinajstić information content (AvgIpc) is 3.57. The van der Waals surface area contributed by atoms with Gasteiger partial charge in [-0.1, -0.05) is 17.8 Å². The molecule has 0 amide bonds. The second kappa shape index (κ2) is 9.05. The van der Waals surface area contributed by atoms with E-state index < -0.39 is 0 Å². The average molecular weight is 465 g/mol. The highest BCUT2D eigenvalue weighted by Gasteiger charge is 2.17. The predicted molar refractivity (Wildman–Crippen MR) is 125 cm³/mol. The van der Waals surface area contributed by atoms with Crippen LogP contribution in [0.2, 0.25) is 0 Å². The molecular weight excluding hydrogens is 444 g/mol. The quantitative estimate of drug-likeness (QED) is 0.259. The van der Waals surface area contributed by atoms with E-state index in [0.717, 1.165) is 50.1 Å². The summed E-state index contributed by atoms with van der Waals surface area (Å²) in [6.45, 7) is 4.77. The maximum absolute atomic E-state index is 5.48. The molecule has 0 bridgehead atoms. The van der Waals surface area contributed by atoms with E-state index in [2.05, 4.69) is 26.7 Å². The van der Waals surface area contributed by atoms with Crippen molar-refractivity contribution in [3.8, 4) is 39.2 Å². The molecule has 0 unspecified atom stereocenters. The summed E-state index contributed by atoms with van der Waals surface area (Å²) in [6.07, 6.45) is 1.85. The van der Waals surface area contributed by atoms with E-state index in [1.54, 1.807) is 30.2 Å². The number of allylic oxidation sites excluding steroid dienone is 1. The molecule has 0 N–H and O–H groups in total. The van der Waals surface area contributed by atoms with Crippen molar-refractivity contribution < 1.29 is 14.2 Å². The summed E-state index contributed by atoms with van der Waals surface area (Å²) in [7, 11) is 1.65. The monoisotopic (exact) mass is 464 g/mol. The van der Waals surface area contributed by atoms with Crippen LogP contribution in [0.15, 0.2) is 65.7 Å². The third kappa shape index (κ3) is 4.09. The van der Waals surface area contributed by atoms with Gasteiger partial charge in [-0.05, 0) is 42.5 Å². The van der Waals surface area contributed by atoms with E-state index in [0.29, 0.717) is 12.3 Å². The van der Waals surface area contributed by atoms with Crippen LogP contribution < -0.4 is 14.2 Å². The fraction of sp³-hybridized carbons (Fsp3) is 0.174. The molecule has 7 nitrogen and oxygen atoms in total. The van der Waals surface area contributed by atoms with Gasteiger partial charge >= 0.3 is 0 Å². The zero-order valence-corrected chi connectivity index (χ0v) is 19.0. The van der Waals surface area contributed by atoms with Crippen molar-refractivity contribution in [2.45, 2.75) is 17.5 Å². The van der Waals surface area contributed by atoms with Gasteiger partial charge in [-0.3, -0.25) is 4.57 Å². The Labute approximate surface area is 193 Å². The first-order valence-electron chi connectivity index (χ1n) is 9.91. The van der Waals surface area contributed by atoms with Gasteiger partial charge in [0.05, 0.1) is 12.8 Å². The highest BCUT2D eigenvalue weighted by molar-refractivity contribution is 7.98. The second-order valence-electron chi connectivity index (χ2n) is 6.93. The Morgan fingerprint density at radius 1 is 1.12 bits per heavy atom. The molecule has 4 aromatic rings. The van der Waals surface area contributed by atoms with Crippen molar-refractivity contribution in [1.29, 1.82) is 0 Å². The summed E-state index contributed by atoms with van der Waals surface area (Å²) < 4.78 is 18.2. The zero-order valence-electron chi connectivity index (χ0n) is 17.4. The van der Waals surface area contributed by atoms with Crippen molar-refractivity contribution in [1.82, 2.24) is 19.7 Å². The highest BCUT2D eigenvalue weighted by Crippen LogP contribution is 2.37. The lowest BCUT2D eigenvalue weighted by Gasteiger charge is -2.08. The van der Waals surface area contributed by atoms with Crippen molar-refractivity contribution in [2.24, 2.45) is 0 Å². The summed E-state index contributed by atoms with van der Waals surface area (Å²) in [5.41, 5.74) is 2.99. The standard InChI is InChI=1S/C23H20N4O3S2/c1-3-10-27-21(15-4-7-18(28-2)8-5-15)25-26-23(27)32-13-17-12-31-22(24-17)16-6-9-19-20(11-16)30-14-29-19/h3-9,11-12H,1,10,13-14H2,2H3. The van der Waals surface area contributed by atoms with Crippen LogP contribution >= 0.6 is 23.1 Å². The number of methoxy groups -OCH3 is 1. The lowest BCUT2D eigenvalue weighted by molar-refractivity contribution is 0.174. The van der Waals surface area contributed by atoms with Crippen molar-refractivity contribution in [2.75, 3.05) is 13.9 Å². The number of hydrogen-bond acceptors (Lipinski definition) is 8. The third-order valence-electron chi connectivity index (χ3n) is 4.90. The van der Waals surface area contributed by atoms with E-state index in [-0.39, 0.29) is 6.79 Å². The number of aromatic nitrogens is 4. The number of benzene rings is 2. The molecule has 0 saturated heterocycles. The van der Waals surface area contributed by atoms with Gasteiger partial charge in [-0.15, -0.1) is 28.1 Å². The van der Waals surface area contributed by atoms with E-state index in [1.807, 2.05) is 48.5 Å². The first-order chi connectivity index (χ1) is 15.7. The van der Waals surface area contributed by atoms with Gasteiger partial charge in [0.15, 0.2) is 22.5 Å². The van der Waals surface area contributed by atoms with E-state index in [4.69, 9.17) is 19.2 Å². The Morgan fingerprint density at radius 2 is 1.94 bits per heavy atom. The van der Waals surface area contributed by atoms with Crippen LogP contribution in [0.4, 0.5) is 0 Å². The lowest BCUT2D eigenvalue weighted by atomic mass is 10.2. The molecule has 162 valence electrons. The maximum atomic E-state index is 5.48. The number of thiazole rings is 1. The second-order valence-corrected chi connectivity index (χ2v) is 8.74. The fourth-order valence-corrected chi connectivity index (χ4v) is 5.08. The summed E-state index contributed by atoms with van der Waals surface area (Å²) in [5, 5.41) is 12.7. The molecule has 0 atom stereocenters. The van der Waals surface area contributed by atoms with E-state index in [1.165, 1.54) is 0 Å². The van der Waals surface area contributed by atoms with Crippen molar-refractivity contribution in [3.05, 3.63) is 66.2 Å². The smallest absolute Gasteiger partial charge is 0.231 e. The molecule has 0 fully saturated rings. The minimum Gasteiger partial charge on any atom is -0.497 e. The Kier molecular flexibility index (Phi) is 5.83. The number of ether oxygens (including phenoxy) is 3. The summed E-state index contributed by atoms with van der Waals surface area (Å²) in [5.74, 6) is 3.83. The number of hydrogen-bond donors (Lipinski definition) is 0. The predicted octanol–water partition coefficient (Wildman–Crippen LogP) is 5.28. The minimum atomic E-state index is 0.266. The van der Waals surface area contributed by atoms with Crippen LogP contribution in [-0.2, 0) is 12.3 Å². The molecule has 1 aliphatic rings. The molecule has 2 aromatic heterocycles. The molecule has 5 rings (SSSR count). The van der Waals surface area contributed by atoms with Crippen molar-refractivity contribution >= 4 is 23.1 Å². The van der Waals surface area contributed by atoms with Crippen LogP contribution in [0.3, 0.4) is 0 Å². The van der Waals surface area contributed by atoms with Gasteiger partial charge in [0.2, 0.25) is 6.79 Å². The van der Waals surface area contributed by atoms with E-state index >= 15 is 0 Å². The van der Waals surface area contributed by atoms with Gasteiger partial charge in [-0.25, -0.2) is 4.98 Å². The molecule has 0 aliphatic carbocycles. The first kappa shape index (κ1) is 20.6. The minimum absolute atomic E-state index is 0.266. The van der Waals surface area contributed by atoms with Crippen LogP contribution in [0.25, 0.3) is 22.0 Å². The zero-order chi connectivity index (χ0) is 21.9. The summed E-state index contributed by atoms with van der Waals surface area (Å²) in [4.78, 5) is 4.79. The van der Waals surface area contributed by atoms with Gasteiger partial charge in [-0.2, -0.15) is 0 Å². The molecule has 9 heteroatoms. The van der Waals surface area contributed by atoms with Gasteiger partial charge in [0.25, 0.3) is 0 Å². The highest BCUT2D eigenvalue weighted by atomic mass is 32.2. The topological polar surface area (TPSA) is 71.3 Å². The largest absolute Gasteiger partial charge is 0.497 e. The Morgan fingerprint density at radius 3 is 2.75 bits per heavy atom. The number of rotatable bonds is 8. The van der Waals surface area contributed by atoms with Crippen molar-refractivity contribution in [3.63, 3.8) is 0 Å². The van der Waals surface area contributed by atoms with E-state index in [9.17, 15) is 0 Å². The SMILES string of the molecule is C=CCn1c(SCc2csc(-c3ccc4c(c3)OCO4)n2)nnc1-c1ccc(OC)cc1. The Hall–Kier alpha value is -3.30. The lowest BCUT2D eigenvalue weighted by Crippen LogP contribution is -2.00. The molecule has 3 heterocycles. The molecule has 0 radical (unpaired) electrons. The van der Waals surface area contributed by atoms with Gasteiger partial charge < -0.3 is 14.2 Å². The normalized spacial score (nSPS) is 12.2. The number of thioether (sulfide) groups is 1. The molecule has 0 spiro atoms. The molecule has 1 aliphatic heterocycles. The third-order valence-corrected chi connectivity index (χ3v) is 6.84. The summed E-state index contributed by atoms with van der Waals surface area (Å²) >= 11 is 3.22. The Balaban J connectivity index is 1.33. The fourth-order valence-electron chi connectivity index (χ4n) is 3.32. The first-order valence-corrected chi connectivity index (χ1v) is 11.8. The van der Waals surface area contributed by atoms with Crippen LogP contribution in [0, 0.1) is 0 Å². The maximum Gasteiger partial charge on any atom is 0.231 e. The molecule has 2 aromatic carbocycles. The van der Waals surface area contributed by atoms with Gasteiger partial charge in [0, 0.05) is 28.8 Å². The molecule has 32 heavy (non-hydrogen) atoms. The van der Waals surface area contributed by atoms with Crippen LogP contribution in [-0.4, -0.2) is 33.7 Å². The molecule has 0 saturated carbocycles. The van der Waals surface area contributed by atoms with Crippen LogP contribution in [0.5, 0.6) is 17.2 Å². The van der Waals surface area contributed by atoms with Gasteiger partial charge in [0.1, 0.15) is 10.8 Å². The summed E-state index contributed by atoms with van der Waals surface area (Å²) in [6, 6.07) is 13.7. The Bertz CT molecular complexity index is 1250. The number of nitrogens with zero attached hydrogens (tertiary/aromatic N) is 4.